The van der Waals surface area contributed by atoms with Crippen molar-refractivity contribution in [3.8, 4) is 17.2 Å². The predicted octanol–water partition coefficient (Wildman–Crippen LogP) is 5.42. The van der Waals surface area contributed by atoms with E-state index in [9.17, 15) is 4.79 Å². The molecule has 2 N–H and O–H groups in total. The Balaban J connectivity index is 1.55. The fourth-order valence-electron chi connectivity index (χ4n) is 4.47. The second-order valence-electron chi connectivity index (χ2n) is 9.26. The molecule has 3 aromatic carbocycles. The van der Waals surface area contributed by atoms with Crippen molar-refractivity contribution in [1.82, 2.24) is 9.80 Å². The first kappa shape index (κ1) is 24.6. The molecule has 0 aliphatic carbocycles. The molecule has 0 atom stereocenters. The molecule has 35 heavy (non-hydrogen) atoms. The number of nitrogens with zero attached hydrogens (tertiary/aromatic N) is 2. The van der Waals surface area contributed by atoms with E-state index in [2.05, 4.69) is 11.0 Å². The standard InChI is InChI=1S/C29H35N3O3/c1-21-7-6-8-25(17-21)35-27-12-11-23(19-26(27)30)29(33)32(16-15-31-13-4-5-14-31)20-24-10-9-22(2)18-28(24)34-3/h6-12,17-19H,4-5,13-16,20,30H2,1-3H3. The van der Waals surface area contributed by atoms with E-state index in [-0.39, 0.29) is 5.91 Å². The van der Waals surface area contributed by atoms with Crippen molar-refractivity contribution < 1.29 is 14.3 Å². The Morgan fingerprint density at radius 2 is 1.74 bits per heavy atom. The van der Waals surface area contributed by atoms with Crippen molar-refractivity contribution in [2.45, 2.75) is 33.2 Å². The zero-order chi connectivity index (χ0) is 24.8. The van der Waals surface area contributed by atoms with Crippen LogP contribution < -0.4 is 15.2 Å². The fourth-order valence-corrected chi connectivity index (χ4v) is 4.47. The topological polar surface area (TPSA) is 68.0 Å². The number of ether oxygens (including phenoxy) is 2. The van der Waals surface area contributed by atoms with Crippen molar-refractivity contribution in [1.29, 1.82) is 0 Å². The van der Waals surface area contributed by atoms with E-state index in [1.807, 2.05) is 55.1 Å². The van der Waals surface area contributed by atoms with Crippen molar-refractivity contribution in [2.75, 3.05) is 39.0 Å². The molecule has 1 aliphatic rings. The summed E-state index contributed by atoms with van der Waals surface area (Å²) in [6, 6.07) is 19.2. The molecule has 6 nitrogen and oxygen atoms in total. The third-order valence-electron chi connectivity index (χ3n) is 6.45. The number of amides is 1. The van der Waals surface area contributed by atoms with Gasteiger partial charge in [0.1, 0.15) is 17.2 Å². The molecule has 0 saturated carbocycles. The number of rotatable bonds is 9. The molecule has 1 saturated heterocycles. The zero-order valence-electron chi connectivity index (χ0n) is 20.9. The van der Waals surface area contributed by atoms with Gasteiger partial charge < -0.3 is 25.0 Å². The SMILES string of the molecule is COc1cc(C)ccc1CN(CCN1CCCC1)C(=O)c1ccc(Oc2cccc(C)c2)c(N)c1. The van der Waals surface area contributed by atoms with Gasteiger partial charge in [-0.05, 0) is 87.3 Å². The maximum Gasteiger partial charge on any atom is 0.254 e. The maximum atomic E-state index is 13.7. The van der Waals surface area contributed by atoms with Gasteiger partial charge in [-0.2, -0.15) is 0 Å². The van der Waals surface area contributed by atoms with Crippen LogP contribution in [0.15, 0.2) is 60.7 Å². The number of carbonyl (C=O) groups is 1. The molecule has 0 spiro atoms. The summed E-state index contributed by atoms with van der Waals surface area (Å²) in [7, 11) is 1.67. The van der Waals surface area contributed by atoms with E-state index in [4.69, 9.17) is 15.2 Å². The Labute approximate surface area is 208 Å². The third-order valence-corrected chi connectivity index (χ3v) is 6.45. The minimum absolute atomic E-state index is 0.0550. The molecule has 184 valence electrons. The molecule has 1 amide bonds. The molecule has 4 rings (SSSR count). The Bertz CT molecular complexity index is 1170. The number of hydrogen-bond acceptors (Lipinski definition) is 5. The highest BCUT2D eigenvalue weighted by Gasteiger charge is 2.21. The molecule has 6 heteroatoms. The summed E-state index contributed by atoms with van der Waals surface area (Å²) in [6.07, 6.45) is 2.44. The first-order valence-corrected chi connectivity index (χ1v) is 12.2. The highest BCUT2D eigenvalue weighted by atomic mass is 16.5. The van der Waals surface area contributed by atoms with Crippen LogP contribution in [0.1, 0.15) is 39.9 Å². The van der Waals surface area contributed by atoms with Gasteiger partial charge in [0, 0.05) is 30.8 Å². The van der Waals surface area contributed by atoms with Crippen molar-refractivity contribution in [2.24, 2.45) is 0 Å². The molecule has 0 bridgehead atoms. The Morgan fingerprint density at radius 3 is 2.46 bits per heavy atom. The van der Waals surface area contributed by atoms with Crippen LogP contribution in [-0.2, 0) is 6.54 Å². The molecule has 1 heterocycles. The fraction of sp³-hybridized carbons (Fsp3) is 0.345. The first-order chi connectivity index (χ1) is 16.9. The number of nitrogen functional groups attached to an aromatic ring is 1. The average molecular weight is 474 g/mol. The second-order valence-corrected chi connectivity index (χ2v) is 9.26. The minimum Gasteiger partial charge on any atom is -0.496 e. The number of hydrogen-bond donors (Lipinski definition) is 1. The van der Waals surface area contributed by atoms with Crippen LogP contribution in [0.25, 0.3) is 0 Å². The number of likely N-dealkylation sites (tertiary alicyclic amines) is 1. The van der Waals surface area contributed by atoms with E-state index in [1.165, 1.54) is 12.8 Å². The van der Waals surface area contributed by atoms with Crippen LogP contribution >= 0.6 is 0 Å². The molecule has 1 fully saturated rings. The van der Waals surface area contributed by atoms with Gasteiger partial charge in [-0.1, -0.05) is 24.3 Å². The van der Waals surface area contributed by atoms with E-state index in [0.29, 0.717) is 30.1 Å². The molecule has 3 aromatic rings. The molecular weight excluding hydrogens is 438 g/mol. The number of benzene rings is 3. The van der Waals surface area contributed by atoms with Gasteiger partial charge in [-0.15, -0.1) is 0 Å². The molecule has 1 aliphatic heterocycles. The van der Waals surface area contributed by atoms with Gasteiger partial charge in [0.05, 0.1) is 12.8 Å². The van der Waals surface area contributed by atoms with Crippen LogP contribution in [0.5, 0.6) is 17.2 Å². The van der Waals surface area contributed by atoms with Crippen molar-refractivity contribution in [3.63, 3.8) is 0 Å². The second kappa shape index (κ2) is 11.3. The lowest BCUT2D eigenvalue weighted by molar-refractivity contribution is 0.0726. The van der Waals surface area contributed by atoms with Crippen LogP contribution in [-0.4, -0.2) is 49.0 Å². The van der Waals surface area contributed by atoms with Gasteiger partial charge in [0.15, 0.2) is 0 Å². The van der Waals surface area contributed by atoms with Crippen molar-refractivity contribution in [3.05, 3.63) is 82.9 Å². The molecule has 0 unspecified atom stereocenters. The Hall–Kier alpha value is -3.51. The number of nitrogens with two attached hydrogens (primary N) is 1. The largest absolute Gasteiger partial charge is 0.496 e. The summed E-state index contributed by atoms with van der Waals surface area (Å²) in [5, 5.41) is 0. The monoisotopic (exact) mass is 473 g/mol. The van der Waals surface area contributed by atoms with Crippen molar-refractivity contribution >= 4 is 11.6 Å². The minimum atomic E-state index is -0.0550. The van der Waals surface area contributed by atoms with Gasteiger partial charge >= 0.3 is 0 Å². The van der Waals surface area contributed by atoms with Gasteiger partial charge in [-0.25, -0.2) is 0 Å². The van der Waals surface area contributed by atoms with E-state index < -0.39 is 0 Å². The number of methoxy groups -OCH3 is 1. The summed E-state index contributed by atoms with van der Waals surface area (Å²) < 4.78 is 11.6. The normalized spacial score (nSPS) is 13.6. The summed E-state index contributed by atoms with van der Waals surface area (Å²) in [5.41, 5.74) is 10.5. The average Bonchev–Trinajstić information content (AvgIpc) is 3.37. The predicted molar refractivity (Wildman–Crippen MR) is 140 cm³/mol. The lowest BCUT2D eigenvalue weighted by Crippen LogP contribution is -2.37. The quantitative estimate of drug-likeness (QED) is 0.420. The van der Waals surface area contributed by atoms with E-state index >= 15 is 0 Å². The van der Waals surface area contributed by atoms with Crippen LogP contribution in [0, 0.1) is 13.8 Å². The van der Waals surface area contributed by atoms with Crippen LogP contribution in [0.3, 0.4) is 0 Å². The molecular formula is C29H35N3O3. The van der Waals surface area contributed by atoms with Gasteiger partial charge in [0.25, 0.3) is 5.91 Å². The molecule has 0 aromatic heterocycles. The van der Waals surface area contributed by atoms with E-state index in [1.54, 1.807) is 25.3 Å². The Morgan fingerprint density at radius 1 is 0.971 bits per heavy atom. The zero-order valence-corrected chi connectivity index (χ0v) is 20.9. The summed E-state index contributed by atoms with van der Waals surface area (Å²) in [5.74, 6) is 2.00. The van der Waals surface area contributed by atoms with Crippen LogP contribution in [0.2, 0.25) is 0 Å². The number of anilines is 1. The van der Waals surface area contributed by atoms with Gasteiger partial charge in [-0.3, -0.25) is 4.79 Å². The third kappa shape index (κ3) is 6.34. The smallest absolute Gasteiger partial charge is 0.254 e. The summed E-state index contributed by atoms with van der Waals surface area (Å²) in [6.45, 7) is 8.18. The lowest BCUT2D eigenvalue weighted by atomic mass is 10.1. The highest BCUT2D eigenvalue weighted by Crippen LogP contribution is 2.30. The summed E-state index contributed by atoms with van der Waals surface area (Å²) in [4.78, 5) is 18.0. The van der Waals surface area contributed by atoms with Crippen LogP contribution in [0.4, 0.5) is 5.69 Å². The summed E-state index contributed by atoms with van der Waals surface area (Å²) >= 11 is 0. The van der Waals surface area contributed by atoms with E-state index in [0.717, 1.165) is 47.8 Å². The highest BCUT2D eigenvalue weighted by molar-refractivity contribution is 5.95. The first-order valence-electron chi connectivity index (χ1n) is 12.2. The number of aryl methyl sites for hydroxylation is 2. The Kier molecular flexibility index (Phi) is 7.93. The maximum absolute atomic E-state index is 13.7. The molecule has 0 radical (unpaired) electrons. The van der Waals surface area contributed by atoms with Gasteiger partial charge in [0.2, 0.25) is 0 Å². The lowest BCUT2D eigenvalue weighted by Gasteiger charge is -2.27. The number of carbonyl (C=O) groups excluding carboxylic acids is 1.